The highest BCUT2D eigenvalue weighted by Crippen LogP contribution is 2.53. The molecule has 1 amide bonds. The van der Waals surface area contributed by atoms with Crippen molar-refractivity contribution in [3.8, 4) is 0 Å². The number of β-lactam (4-membered cyclic amide) rings is 1. The molecule has 32 heavy (non-hydrogen) atoms. The summed E-state index contributed by atoms with van der Waals surface area (Å²) in [6.07, 6.45) is -0.803. The lowest BCUT2D eigenvalue weighted by atomic mass is 9.79. The van der Waals surface area contributed by atoms with E-state index in [9.17, 15) is 19.5 Å². The maximum Gasteiger partial charge on any atom is 0.358 e. The summed E-state index contributed by atoms with van der Waals surface area (Å²) in [4.78, 5) is 46.6. The molecule has 2 fully saturated rings. The van der Waals surface area contributed by atoms with Crippen LogP contribution in [-0.2, 0) is 23.9 Å². The predicted octanol–water partition coefficient (Wildman–Crippen LogP) is 1.62. The second kappa shape index (κ2) is 8.57. The summed E-state index contributed by atoms with van der Waals surface area (Å²) in [5, 5.41) is 11.3. The number of rotatable bonds is 6. The van der Waals surface area contributed by atoms with E-state index in [0.717, 1.165) is 28.9 Å². The highest BCUT2D eigenvalue weighted by molar-refractivity contribution is 8.14. The lowest BCUT2D eigenvalue weighted by molar-refractivity contribution is -0.175. The molecule has 9 nitrogen and oxygen atoms in total. The number of nitrogens with zero attached hydrogens (tertiary/aromatic N) is 3. The fraction of sp³-hybridized carbons (Fsp3) is 0.714. The molecule has 0 aromatic rings. The number of carbonyl (C=O) groups excluding carboxylic acids is 3. The number of amidine groups is 1. The lowest BCUT2D eigenvalue weighted by Crippen LogP contribution is -2.63. The minimum atomic E-state index is -0.803. The zero-order valence-corrected chi connectivity index (χ0v) is 20.5. The first-order valence-electron chi connectivity index (χ1n) is 10.7. The van der Waals surface area contributed by atoms with Gasteiger partial charge in [-0.25, -0.2) is 4.79 Å². The van der Waals surface area contributed by atoms with Crippen molar-refractivity contribution < 1.29 is 29.0 Å². The molecule has 3 unspecified atom stereocenters. The van der Waals surface area contributed by atoms with Crippen molar-refractivity contribution in [1.82, 2.24) is 9.80 Å². The third kappa shape index (κ3) is 4.14. The summed E-state index contributed by atoms with van der Waals surface area (Å²) < 4.78 is 10.3. The Labute approximate surface area is 195 Å². The molecule has 2 saturated heterocycles. The van der Waals surface area contributed by atoms with Crippen molar-refractivity contribution in [3.63, 3.8) is 0 Å². The van der Waals surface area contributed by atoms with Gasteiger partial charge < -0.3 is 24.4 Å². The van der Waals surface area contributed by atoms with Gasteiger partial charge in [0.05, 0.1) is 41.9 Å². The van der Waals surface area contributed by atoms with Gasteiger partial charge in [0.25, 0.3) is 0 Å². The van der Waals surface area contributed by atoms with E-state index < -0.39 is 36.2 Å². The molecule has 4 heterocycles. The number of amides is 1. The van der Waals surface area contributed by atoms with E-state index in [0.29, 0.717) is 0 Å². The molecule has 4 aliphatic rings. The number of aliphatic hydroxyl groups excluding tert-OH is 1. The number of carbonyl (C=O) groups is 3. The van der Waals surface area contributed by atoms with Gasteiger partial charge in [-0.15, -0.1) is 11.8 Å². The number of ether oxygens (including phenoxy) is 2. The largest absolute Gasteiger partial charge is 0.427 e. The van der Waals surface area contributed by atoms with Crippen LogP contribution in [0.3, 0.4) is 0 Å². The summed E-state index contributed by atoms with van der Waals surface area (Å²) >= 11 is 3.27. The van der Waals surface area contributed by atoms with Crippen molar-refractivity contribution in [2.45, 2.75) is 52.1 Å². The Kier molecular flexibility index (Phi) is 6.28. The third-order valence-corrected chi connectivity index (χ3v) is 8.44. The zero-order chi connectivity index (χ0) is 23.4. The Morgan fingerprint density at radius 2 is 2.06 bits per heavy atom. The topological polar surface area (TPSA) is 109 Å². The molecule has 1 N–H and O–H groups in total. The van der Waals surface area contributed by atoms with E-state index >= 15 is 0 Å². The molecule has 4 rings (SSSR count). The van der Waals surface area contributed by atoms with Crippen LogP contribution in [0.1, 0.15) is 34.6 Å². The van der Waals surface area contributed by atoms with Gasteiger partial charge in [0.2, 0.25) is 12.7 Å². The number of fused-ring (bicyclic) bond motifs is 1. The van der Waals surface area contributed by atoms with Crippen LogP contribution in [0.25, 0.3) is 0 Å². The van der Waals surface area contributed by atoms with E-state index in [-0.39, 0.29) is 28.9 Å². The van der Waals surface area contributed by atoms with Gasteiger partial charge in [-0.2, -0.15) is 0 Å². The van der Waals surface area contributed by atoms with Gasteiger partial charge in [-0.05, 0) is 27.7 Å². The quantitative estimate of drug-likeness (QED) is 0.261. The lowest BCUT2D eigenvalue weighted by Gasteiger charge is -2.46. The molecular formula is C21H29N3O6S2. The van der Waals surface area contributed by atoms with E-state index in [1.165, 1.54) is 4.90 Å². The van der Waals surface area contributed by atoms with Crippen LogP contribution in [0.2, 0.25) is 0 Å². The highest BCUT2D eigenvalue weighted by Gasteiger charge is 2.61. The van der Waals surface area contributed by atoms with Gasteiger partial charge in [0, 0.05) is 16.6 Å². The van der Waals surface area contributed by atoms with E-state index in [2.05, 4.69) is 9.89 Å². The molecule has 11 heteroatoms. The molecular weight excluding hydrogens is 454 g/mol. The molecule has 4 aliphatic heterocycles. The number of thioether (sulfide) groups is 2. The molecule has 0 saturated carbocycles. The van der Waals surface area contributed by atoms with Gasteiger partial charge in [0.1, 0.15) is 5.70 Å². The van der Waals surface area contributed by atoms with E-state index in [1.807, 2.05) is 6.92 Å². The van der Waals surface area contributed by atoms with Crippen molar-refractivity contribution in [2.75, 3.05) is 25.6 Å². The Morgan fingerprint density at radius 3 is 2.66 bits per heavy atom. The van der Waals surface area contributed by atoms with Gasteiger partial charge >= 0.3 is 11.9 Å². The van der Waals surface area contributed by atoms with Crippen molar-refractivity contribution >= 4 is 46.5 Å². The Morgan fingerprint density at radius 1 is 1.34 bits per heavy atom. The van der Waals surface area contributed by atoms with Crippen LogP contribution in [0, 0.1) is 17.3 Å². The number of aliphatic hydroxyl groups is 1. The monoisotopic (exact) mass is 483 g/mol. The molecule has 0 aromatic carbocycles. The Balaban J connectivity index is 1.50. The first kappa shape index (κ1) is 23.4. The van der Waals surface area contributed by atoms with Crippen LogP contribution < -0.4 is 0 Å². The molecule has 0 aliphatic carbocycles. The van der Waals surface area contributed by atoms with Crippen molar-refractivity contribution in [1.29, 1.82) is 0 Å². The second-order valence-electron chi connectivity index (χ2n) is 9.44. The summed E-state index contributed by atoms with van der Waals surface area (Å²) in [5.74, 6) is -1.14. The SMILES string of the molecule is C[C@@H](O)C1C(=O)N2C(C(=O)OCOC(=O)C(C)(C)C)=C(SC3CN3C3=NCCS3)[C@H](C)C12. The summed E-state index contributed by atoms with van der Waals surface area (Å²) in [6, 6.07) is -0.282. The average molecular weight is 484 g/mol. The smallest absolute Gasteiger partial charge is 0.358 e. The Hall–Kier alpha value is -1.72. The number of esters is 2. The van der Waals surface area contributed by atoms with Crippen LogP contribution in [-0.4, -0.2) is 81.1 Å². The summed E-state index contributed by atoms with van der Waals surface area (Å²) in [6.45, 7) is 9.83. The number of hydrogen-bond acceptors (Lipinski definition) is 10. The zero-order valence-electron chi connectivity index (χ0n) is 18.9. The van der Waals surface area contributed by atoms with Crippen LogP contribution in [0.15, 0.2) is 15.6 Å². The molecule has 5 atom stereocenters. The van der Waals surface area contributed by atoms with Gasteiger partial charge in [-0.1, -0.05) is 18.7 Å². The average Bonchev–Trinajstić information content (AvgIpc) is 3.15. The first-order valence-corrected chi connectivity index (χ1v) is 12.6. The fourth-order valence-corrected chi connectivity index (χ4v) is 6.54. The fourth-order valence-electron chi connectivity index (χ4n) is 4.16. The van der Waals surface area contributed by atoms with E-state index in [4.69, 9.17) is 9.47 Å². The summed E-state index contributed by atoms with van der Waals surface area (Å²) in [5.41, 5.74) is -0.511. The van der Waals surface area contributed by atoms with Gasteiger partial charge in [0.15, 0.2) is 5.17 Å². The van der Waals surface area contributed by atoms with Crippen LogP contribution in [0.5, 0.6) is 0 Å². The van der Waals surface area contributed by atoms with E-state index in [1.54, 1.807) is 51.2 Å². The minimum Gasteiger partial charge on any atom is -0.427 e. The first-order chi connectivity index (χ1) is 15.0. The van der Waals surface area contributed by atoms with Crippen molar-refractivity contribution in [3.05, 3.63) is 10.6 Å². The molecule has 0 radical (unpaired) electrons. The minimum absolute atomic E-state index is 0.113. The third-order valence-electron chi connectivity index (χ3n) is 5.94. The van der Waals surface area contributed by atoms with Crippen LogP contribution in [0.4, 0.5) is 0 Å². The highest BCUT2D eigenvalue weighted by atomic mass is 32.2. The number of hydrogen-bond donors (Lipinski definition) is 1. The summed E-state index contributed by atoms with van der Waals surface area (Å²) in [7, 11) is 0. The predicted molar refractivity (Wildman–Crippen MR) is 121 cm³/mol. The van der Waals surface area contributed by atoms with Crippen molar-refractivity contribution in [2.24, 2.45) is 22.2 Å². The molecule has 0 spiro atoms. The second-order valence-corrected chi connectivity index (χ2v) is 11.7. The number of aliphatic imine (C=N–C) groups is 1. The molecule has 0 bridgehead atoms. The maximum absolute atomic E-state index is 13.0. The Bertz CT molecular complexity index is 896. The normalized spacial score (nSPS) is 30.1. The maximum atomic E-state index is 13.0. The van der Waals surface area contributed by atoms with Gasteiger partial charge in [-0.3, -0.25) is 14.6 Å². The molecule has 176 valence electrons. The van der Waals surface area contributed by atoms with Crippen LogP contribution >= 0.6 is 23.5 Å². The molecule has 0 aromatic heterocycles. The standard InChI is InChI=1S/C21H29N3O6S2/c1-10-14-13(11(2)25)17(26)24(14)15(18(27)29-9-30-19(28)21(3,4)5)16(10)32-12-8-23(12)20-22-6-7-31-20/h10-14,25H,6-9H2,1-5H3/t10-,11-,12?,13?,14?,23?/m1/s1.